The summed E-state index contributed by atoms with van der Waals surface area (Å²) in [5.41, 5.74) is 0. The largest absolute Gasteiger partial charge is 0.349 e. The quantitative estimate of drug-likeness (QED) is 0.718. The topological polar surface area (TPSA) is 32.3 Å². The molecule has 4 nitrogen and oxygen atoms in total. The lowest BCUT2D eigenvalue weighted by Crippen LogP contribution is -2.51. The van der Waals surface area contributed by atoms with E-state index in [-0.39, 0.29) is 11.2 Å². The van der Waals surface area contributed by atoms with Crippen molar-refractivity contribution in [1.29, 1.82) is 0 Å². The fourth-order valence-corrected chi connectivity index (χ4v) is 2.36. The van der Waals surface area contributed by atoms with E-state index >= 15 is 0 Å². The molecule has 1 aromatic heterocycles. The molecule has 0 spiro atoms. The van der Waals surface area contributed by atoms with Crippen LogP contribution in [-0.4, -0.2) is 47.6 Å². The number of anilines is 1. The summed E-state index contributed by atoms with van der Waals surface area (Å²) in [5, 5.41) is -0.0985. The zero-order valence-corrected chi connectivity index (χ0v) is 11.0. The molecule has 0 amide bonds. The van der Waals surface area contributed by atoms with Crippen molar-refractivity contribution in [3.8, 4) is 0 Å². The molecule has 1 aliphatic rings. The van der Waals surface area contributed by atoms with Gasteiger partial charge in [0.25, 0.3) is 0 Å². The van der Waals surface area contributed by atoms with Gasteiger partial charge in [-0.05, 0) is 20.9 Å². The molecule has 0 radical (unpaired) electrons. The van der Waals surface area contributed by atoms with Gasteiger partial charge in [0.1, 0.15) is 5.82 Å². The minimum atomic E-state index is -0.520. The summed E-state index contributed by atoms with van der Waals surface area (Å²) in [6.07, 6.45) is 0. The first-order valence-corrected chi connectivity index (χ1v) is 6.01. The number of aryl methyl sites for hydroxylation is 1. The molecule has 0 saturated carbocycles. The summed E-state index contributed by atoms with van der Waals surface area (Å²) < 4.78 is 13.9. The van der Waals surface area contributed by atoms with Crippen molar-refractivity contribution in [2.45, 2.75) is 19.9 Å². The maximum Gasteiger partial charge on any atom is 0.202 e. The molecule has 1 fully saturated rings. The predicted octanol–water partition coefficient (Wildman–Crippen LogP) is 1.72. The SMILES string of the molecule is Cc1nc(Cl)c(F)c(N2CCN(C)C[C@H]2C)n1. The smallest absolute Gasteiger partial charge is 0.202 e. The molecule has 0 aliphatic carbocycles. The first-order valence-electron chi connectivity index (χ1n) is 5.64. The number of hydrogen-bond acceptors (Lipinski definition) is 4. The second kappa shape index (κ2) is 4.74. The molecule has 1 aliphatic heterocycles. The van der Waals surface area contributed by atoms with Crippen molar-refractivity contribution >= 4 is 17.4 Å². The Hall–Kier alpha value is -0.940. The lowest BCUT2D eigenvalue weighted by Gasteiger charge is -2.39. The van der Waals surface area contributed by atoms with Gasteiger partial charge in [-0.3, -0.25) is 0 Å². The minimum absolute atomic E-state index is 0.0985. The Kier molecular flexibility index (Phi) is 3.49. The monoisotopic (exact) mass is 258 g/mol. The van der Waals surface area contributed by atoms with Gasteiger partial charge in [0.05, 0.1) is 0 Å². The average Bonchev–Trinajstić information content (AvgIpc) is 2.24. The summed E-state index contributed by atoms with van der Waals surface area (Å²) in [6, 6.07) is 0.216. The zero-order chi connectivity index (χ0) is 12.6. The molecular weight excluding hydrogens is 243 g/mol. The highest BCUT2D eigenvalue weighted by Gasteiger charge is 2.26. The van der Waals surface area contributed by atoms with Crippen LogP contribution in [0, 0.1) is 12.7 Å². The van der Waals surface area contributed by atoms with E-state index in [1.54, 1.807) is 6.92 Å². The van der Waals surface area contributed by atoms with Crippen LogP contribution in [0.3, 0.4) is 0 Å². The van der Waals surface area contributed by atoms with Crippen LogP contribution < -0.4 is 4.90 Å². The number of likely N-dealkylation sites (N-methyl/N-ethyl adjacent to an activating group) is 1. The maximum absolute atomic E-state index is 13.9. The van der Waals surface area contributed by atoms with E-state index in [9.17, 15) is 4.39 Å². The molecule has 2 rings (SSSR count). The Balaban J connectivity index is 2.33. The summed E-state index contributed by atoms with van der Waals surface area (Å²) in [4.78, 5) is 12.2. The van der Waals surface area contributed by atoms with Crippen LogP contribution in [0.15, 0.2) is 0 Å². The first-order chi connectivity index (χ1) is 7.99. The summed E-state index contributed by atoms with van der Waals surface area (Å²) in [6.45, 7) is 6.31. The molecule has 17 heavy (non-hydrogen) atoms. The van der Waals surface area contributed by atoms with Crippen molar-refractivity contribution in [3.05, 3.63) is 16.8 Å². The van der Waals surface area contributed by atoms with Crippen LogP contribution in [0.4, 0.5) is 10.2 Å². The van der Waals surface area contributed by atoms with E-state index in [1.165, 1.54) is 0 Å². The van der Waals surface area contributed by atoms with Crippen molar-refractivity contribution in [2.75, 3.05) is 31.6 Å². The number of nitrogens with zero attached hydrogens (tertiary/aromatic N) is 4. The number of rotatable bonds is 1. The lowest BCUT2D eigenvalue weighted by atomic mass is 10.2. The average molecular weight is 259 g/mol. The van der Waals surface area contributed by atoms with Gasteiger partial charge in [-0.1, -0.05) is 11.6 Å². The van der Waals surface area contributed by atoms with Crippen molar-refractivity contribution in [3.63, 3.8) is 0 Å². The molecular formula is C11H16ClFN4. The highest BCUT2D eigenvalue weighted by atomic mass is 35.5. The second-order valence-corrected chi connectivity index (χ2v) is 4.86. The minimum Gasteiger partial charge on any atom is -0.349 e. The Morgan fingerprint density at radius 2 is 2.06 bits per heavy atom. The molecule has 94 valence electrons. The summed E-state index contributed by atoms with van der Waals surface area (Å²) in [5.74, 6) is 0.300. The van der Waals surface area contributed by atoms with Gasteiger partial charge >= 0.3 is 0 Å². The molecule has 6 heteroatoms. The van der Waals surface area contributed by atoms with Crippen LogP contribution in [0.1, 0.15) is 12.7 Å². The fourth-order valence-electron chi connectivity index (χ4n) is 2.16. The van der Waals surface area contributed by atoms with Gasteiger partial charge in [-0.15, -0.1) is 0 Å². The normalized spacial score (nSPS) is 21.9. The van der Waals surface area contributed by atoms with Gasteiger partial charge in [0, 0.05) is 25.7 Å². The molecule has 0 aromatic carbocycles. The van der Waals surface area contributed by atoms with E-state index in [0.717, 1.165) is 19.6 Å². The first kappa shape index (κ1) is 12.5. The van der Waals surface area contributed by atoms with E-state index in [1.807, 2.05) is 4.90 Å². The molecule has 0 bridgehead atoms. The Labute approximate surface area is 105 Å². The van der Waals surface area contributed by atoms with Crippen molar-refractivity contribution in [1.82, 2.24) is 14.9 Å². The Morgan fingerprint density at radius 1 is 1.35 bits per heavy atom. The van der Waals surface area contributed by atoms with E-state index < -0.39 is 5.82 Å². The molecule has 1 aromatic rings. The molecule has 1 saturated heterocycles. The molecule has 0 unspecified atom stereocenters. The highest BCUT2D eigenvalue weighted by Crippen LogP contribution is 2.25. The van der Waals surface area contributed by atoms with E-state index in [0.29, 0.717) is 11.6 Å². The van der Waals surface area contributed by atoms with Gasteiger partial charge in [0.2, 0.25) is 5.82 Å². The fraction of sp³-hybridized carbons (Fsp3) is 0.636. The highest BCUT2D eigenvalue weighted by molar-refractivity contribution is 6.29. The van der Waals surface area contributed by atoms with Crippen LogP contribution in [0.25, 0.3) is 0 Å². The third kappa shape index (κ3) is 2.50. The van der Waals surface area contributed by atoms with Gasteiger partial charge in [-0.25, -0.2) is 9.97 Å². The number of hydrogen-bond donors (Lipinski definition) is 0. The maximum atomic E-state index is 13.9. The van der Waals surface area contributed by atoms with E-state index in [4.69, 9.17) is 11.6 Å². The third-order valence-corrected chi connectivity index (χ3v) is 3.26. The van der Waals surface area contributed by atoms with Crippen LogP contribution in [0.5, 0.6) is 0 Å². The van der Waals surface area contributed by atoms with Gasteiger partial charge < -0.3 is 9.80 Å². The van der Waals surface area contributed by atoms with Crippen molar-refractivity contribution in [2.24, 2.45) is 0 Å². The Bertz CT molecular complexity index is 426. The summed E-state index contributed by atoms with van der Waals surface area (Å²) >= 11 is 5.75. The van der Waals surface area contributed by atoms with Crippen LogP contribution in [-0.2, 0) is 0 Å². The second-order valence-electron chi connectivity index (χ2n) is 4.50. The number of aromatic nitrogens is 2. The number of halogens is 2. The van der Waals surface area contributed by atoms with Crippen LogP contribution in [0.2, 0.25) is 5.15 Å². The lowest BCUT2D eigenvalue weighted by molar-refractivity contribution is 0.273. The van der Waals surface area contributed by atoms with Crippen molar-refractivity contribution < 1.29 is 4.39 Å². The zero-order valence-electron chi connectivity index (χ0n) is 10.2. The standard InChI is InChI=1S/C11H16ClFN4/c1-7-6-16(3)4-5-17(7)11-9(13)10(12)14-8(2)15-11/h7H,4-6H2,1-3H3/t7-/m1/s1. The van der Waals surface area contributed by atoms with Crippen LogP contribution >= 0.6 is 11.6 Å². The summed E-state index contributed by atoms with van der Waals surface area (Å²) in [7, 11) is 2.06. The van der Waals surface area contributed by atoms with Gasteiger partial charge in [0.15, 0.2) is 11.0 Å². The predicted molar refractivity (Wildman–Crippen MR) is 66.0 cm³/mol. The molecule has 1 atom stereocenters. The third-order valence-electron chi connectivity index (χ3n) is 3.01. The molecule has 0 N–H and O–H groups in total. The Morgan fingerprint density at radius 3 is 2.71 bits per heavy atom. The van der Waals surface area contributed by atoms with Gasteiger partial charge in [-0.2, -0.15) is 4.39 Å². The number of piperazine rings is 1. The van der Waals surface area contributed by atoms with E-state index in [2.05, 4.69) is 28.8 Å². The molecule has 2 heterocycles.